The van der Waals surface area contributed by atoms with Gasteiger partial charge in [0.05, 0.1) is 7.11 Å². The van der Waals surface area contributed by atoms with Crippen LogP contribution in [-0.4, -0.2) is 42.3 Å². The molecule has 5 nitrogen and oxygen atoms in total. The van der Waals surface area contributed by atoms with Crippen LogP contribution in [0.25, 0.3) is 0 Å². The van der Waals surface area contributed by atoms with Crippen molar-refractivity contribution in [3.05, 3.63) is 34.3 Å². The van der Waals surface area contributed by atoms with E-state index in [2.05, 4.69) is 15.9 Å². The fourth-order valence-electron chi connectivity index (χ4n) is 3.35. The number of carbonyl (C=O) groups excluding carboxylic acids is 3. The smallest absolute Gasteiger partial charge is 0.328 e. The number of hydrogen-bond acceptors (Lipinski definition) is 4. The molecule has 1 fully saturated rings. The molecule has 0 saturated carbocycles. The lowest BCUT2D eigenvalue weighted by molar-refractivity contribution is -0.156. The maximum Gasteiger partial charge on any atom is 0.328 e. The minimum absolute atomic E-state index is 0.00196. The molecule has 1 aromatic carbocycles. The Hall–Kier alpha value is -1.69. The number of likely N-dealkylation sites (tertiary alicyclic amines) is 1. The molecule has 142 valence electrons. The molecule has 2 rings (SSSR count). The largest absolute Gasteiger partial charge is 0.467 e. The number of benzene rings is 1. The number of ketones is 1. The van der Waals surface area contributed by atoms with Gasteiger partial charge in [0.25, 0.3) is 0 Å². The molecule has 0 N–H and O–H groups in total. The van der Waals surface area contributed by atoms with Gasteiger partial charge in [0.1, 0.15) is 6.04 Å². The number of halogens is 1. The molecular weight excluding hydrogens is 398 g/mol. The van der Waals surface area contributed by atoms with Crippen LogP contribution in [0.4, 0.5) is 0 Å². The van der Waals surface area contributed by atoms with Gasteiger partial charge in [-0.1, -0.05) is 41.9 Å². The molecule has 2 atom stereocenters. The molecule has 0 radical (unpaired) electrons. The molecule has 0 aliphatic carbocycles. The summed E-state index contributed by atoms with van der Waals surface area (Å²) < 4.78 is 5.77. The van der Waals surface area contributed by atoms with E-state index in [1.54, 1.807) is 17.0 Å². The average molecular weight is 424 g/mol. The maximum absolute atomic E-state index is 13.1. The number of nitrogens with zero attached hydrogens (tertiary/aromatic N) is 1. The zero-order chi connectivity index (χ0) is 19.3. The highest BCUT2D eigenvalue weighted by atomic mass is 79.9. The minimum Gasteiger partial charge on any atom is -0.467 e. The van der Waals surface area contributed by atoms with Crippen molar-refractivity contribution in [3.8, 4) is 0 Å². The molecule has 26 heavy (non-hydrogen) atoms. The molecule has 6 heteroatoms. The summed E-state index contributed by atoms with van der Waals surface area (Å²) in [6, 6.07) is 6.61. The normalized spacial score (nSPS) is 18.5. The van der Waals surface area contributed by atoms with Crippen molar-refractivity contribution in [1.29, 1.82) is 0 Å². The highest BCUT2D eigenvalue weighted by Crippen LogP contribution is 2.26. The van der Waals surface area contributed by atoms with E-state index >= 15 is 0 Å². The predicted molar refractivity (Wildman–Crippen MR) is 103 cm³/mol. The van der Waals surface area contributed by atoms with Crippen LogP contribution in [-0.2, 0) is 14.3 Å². The molecule has 0 spiro atoms. The number of ether oxygens (including phenoxy) is 1. The van der Waals surface area contributed by atoms with E-state index in [1.807, 2.05) is 26.0 Å². The average Bonchev–Trinajstić information content (AvgIpc) is 2.65. The number of methoxy groups -OCH3 is 1. The van der Waals surface area contributed by atoms with Crippen molar-refractivity contribution in [1.82, 2.24) is 4.90 Å². The molecule has 0 bridgehead atoms. The summed E-state index contributed by atoms with van der Waals surface area (Å²) in [4.78, 5) is 39.5. The third-order valence-corrected chi connectivity index (χ3v) is 5.48. The zero-order valence-corrected chi connectivity index (χ0v) is 17.1. The summed E-state index contributed by atoms with van der Waals surface area (Å²) >= 11 is 3.36. The fraction of sp³-hybridized carbons (Fsp3) is 0.550. The van der Waals surface area contributed by atoms with Gasteiger partial charge in [-0.3, -0.25) is 9.59 Å². The Labute approximate surface area is 163 Å². The van der Waals surface area contributed by atoms with Gasteiger partial charge in [0, 0.05) is 28.9 Å². The molecule has 0 aromatic heterocycles. The Balaban J connectivity index is 2.16. The summed E-state index contributed by atoms with van der Waals surface area (Å²) in [5.74, 6) is -1.00. The first-order valence-corrected chi connectivity index (χ1v) is 9.81. The fourth-order valence-corrected chi connectivity index (χ4v) is 3.62. The third-order valence-electron chi connectivity index (χ3n) is 4.95. The van der Waals surface area contributed by atoms with Crippen LogP contribution >= 0.6 is 15.9 Å². The second kappa shape index (κ2) is 9.31. The SMILES string of the molecule is COC(=O)C1CCCCN1C(=O)[C@@H](CC(=O)c1ccc(Br)cc1)C(C)C. The molecular formula is C20H26BrNO4. The first-order valence-electron chi connectivity index (χ1n) is 9.02. The van der Waals surface area contributed by atoms with Crippen LogP contribution in [0, 0.1) is 11.8 Å². The number of Topliss-reactive ketones (excluding diaryl/α,β-unsaturated/α-hetero) is 1. The molecule has 1 unspecified atom stereocenters. The Morgan fingerprint density at radius 3 is 2.42 bits per heavy atom. The number of amides is 1. The van der Waals surface area contributed by atoms with Gasteiger partial charge in [-0.2, -0.15) is 0 Å². The molecule has 1 aromatic rings. The highest BCUT2D eigenvalue weighted by molar-refractivity contribution is 9.10. The lowest BCUT2D eigenvalue weighted by Gasteiger charge is -2.37. The second-order valence-electron chi connectivity index (χ2n) is 7.05. The number of esters is 1. The molecule has 1 aliphatic rings. The van der Waals surface area contributed by atoms with E-state index in [9.17, 15) is 14.4 Å². The lowest BCUT2D eigenvalue weighted by Crippen LogP contribution is -2.51. The van der Waals surface area contributed by atoms with Crippen molar-refractivity contribution in [2.24, 2.45) is 11.8 Å². The van der Waals surface area contributed by atoms with Crippen LogP contribution in [0.2, 0.25) is 0 Å². The van der Waals surface area contributed by atoms with Crippen LogP contribution in [0.15, 0.2) is 28.7 Å². The molecule has 1 heterocycles. The van der Waals surface area contributed by atoms with Crippen molar-refractivity contribution < 1.29 is 19.1 Å². The van der Waals surface area contributed by atoms with E-state index in [4.69, 9.17) is 4.74 Å². The van der Waals surface area contributed by atoms with Gasteiger partial charge >= 0.3 is 5.97 Å². The van der Waals surface area contributed by atoms with Crippen LogP contribution in [0.1, 0.15) is 49.9 Å². The summed E-state index contributed by atoms with van der Waals surface area (Å²) in [6.45, 7) is 4.41. The quantitative estimate of drug-likeness (QED) is 0.514. The van der Waals surface area contributed by atoms with Gasteiger partial charge in [-0.15, -0.1) is 0 Å². The maximum atomic E-state index is 13.1. The van der Waals surface area contributed by atoms with E-state index in [0.717, 1.165) is 17.3 Å². The van der Waals surface area contributed by atoms with Gasteiger partial charge < -0.3 is 9.64 Å². The zero-order valence-electron chi connectivity index (χ0n) is 15.5. The van der Waals surface area contributed by atoms with Crippen molar-refractivity contribution in [2.75, 3.05) is 13.7 Å². The van der Waals surface area contributed by atoms with E-state index in [0.29, 0.717) is 18.5 Å². The van der Waals surface area contributed by atoms with Crippen LogP contribution in [0.3, 0.4) is 0 Å². The summed E-state index contributed by atoms with van der Waals surface area (Å²) in [6.07, 6.45) is 2.52. The Bertz CT molecular complexity index is 656. The standard InChI is InChI=1S/C20H26BrNO4/c1-13(2)16(12-18(23)14-7-9-15(21)10-8-14)19(24)22-11-5-4-6-17(22)20(25)26-3/h7-10,13,16-17H,4-6,11-12H2,1-3H3/t16-,17?/m0/s1. The first-order chi connectivity index (χ1) is 12.3. The monoisotopic (exact) mass is 423 g/mol. The van der Waals surface area contributed by atoms with Gasteiger partial charge in [-0.05, 0) is 37.3 Å². The Morgan fingerprint density at radius 2 is 1.85 bits per heavy atom. The molecule has 1 amide bonds. The van der Waals surface area contributed by atoms with Crippen molar-refractivity contribution in [2.45, 2.75) is 45.6 Å². The highest BCUT2D eigenvalue weighted by Gasteiger charge is 2.37. The van der Waals surface area contributed by atoms with Crippen LogP contribution < -0.4 is 0 Å². The Kier molecular flexibility index (Phi) is 7.38. The van der Waals surface area contributed by atoms with E-state index < -0.39 is 12.0 Å². The predicted octanol–water partition coefficient (Wildman–Crippen LogP) is 3.85. The van der Waals surface area contributed by atoms with Gasteiger partial charge in [-0.25, -0.2) is 4.79 Å². The van der Waals surface area contributed by atoms with Crippen LogP contribution in [0.5, 0.6) is 0 Å². The minimum atomic E-state index is -0.537. The topological polar surface area (TPSA) is 63.7 Å². The molecule has 1 aliphatic heterocycles. The van der Waals surface area contributed by atoms with Crippen molar-refractivity contribution >= 4 is 33.6 Å². The first kappa shape index (κ1) is 20.6. The lowest BCUT2D eigenvalue weighted by atomic mass is 9.86. The summed E-state index contributed by atoms with van der Waals surface area (Å²) in [5.41, 5.74) is 0.592. The van der Waals surface area contributed by atoms with Gasteiger partial charge in [0.2, 0.25) is 5.91 Å². The third kappa shape index (κ3) is 4.93. The van der Waals surface area contributed by atoms with Crippen molar-refractivity contribution in [3.63, 3.8) is 0 Å². The summed E-state index contributed by atoms with van der Waals surface area (Å²) in [7, 11) is 1.34. The van der Waals surface area contributed by atoms with Gasteiger partial charge in [0.15, 0.2) is 5.78 Å². The van der Waals surface area contributed by atoms with E-state index in [-0.39, 0.29) is 30.0 Å². The number of hydrogen-bond donors (Lipinski definition) is 0. The Morgan fingerprint density at radius 1 is 1.19 bits per heavy atom. The second-order valence-corrected chi connectivity index (χ2v) is 7.97. The number of piperidine rings is 1. The summed E-state index contributed by atoms with van der Waals surface area (Å²) in [5, 5.41) is 0. The molecule has 1 saturated heterocycles. The van der Waals surface area contributed by atoms with E-state index in [1.165, 1.54) is 7.11 Å². The number of rotatable bonds is 6. The number of carbonyl (C=O) groups is 3.